The van der Waals surface area contributed by atoms with Crippen molar-refractivity contribution in [1.82, 2.24) is 0 Å². The van der Waals surface area contributed by atoms with Crippen molar-refractivity contribution in [3.05, 3.63) is 99.5 Å². The van der Waals surface area contributed by atoms with Gasteiger partial charge in [-0.1, -0.05) is 85.3 Å². The van der Waals surface area contributed by atoms with E-state index in [0.29, 0.717) is 16.9 Å². The van der Waals surface area contributed by atoms with Crippen molar-refractivity contribution in [3.63, 3.8) is 0 Å². The standard InChI is InChI=1S/C32H28BrNO4/c1-31(2,3)30(37)27-26(19-8-7-9-21(17-19)38-4)32(28(35)22-10-5-6-11-23(22)29(32)36)25-15-12-18-16-20(33)13-14-24(18)34(25)27/h5-17,25-27H,1-4H3/t25-,26+,27+/m0/s1. The molecule has 2 heterocycles. The summed E-state index contributed by atoms with van der Waals surface area (Å²) in [7, 11) is 1.59. The molecule has 1 aliphatic carbocycles. The van der Waals surface area contributed by atoms with Gasteiger partial charge in [0.1, 0.15) is 11.2 Å². The summed E-state index contributed by atoms with van der Waals surface area (Å²) in [6.07, 6.45) is 3.92. The third kappa shape index (κ3) is 3.25. The zero-order valence-electron chi connectivity index (χ0n) is 21.7. The van der Waals surface area contributed by atoms with E-state index < -0.39 is 28.8 Å². The minimum atomic E-state index is -1.50. The summed E-state index contributed by atoms with van der Waals surface area (Å²) >= 11 is 3.56. The highest BCUT2D eigenvalue weighted by atomic mass is 79.9. The Hall–Kier alpha value is -3.51. The second-order valence-corrected chi connectivity index (χ2v) is 12.2. The fraction of sp³-hybridized carbons (Fsp3) is 0.281. The molecule has 0 amide bonds. The van der Waals surface area contributed by atoms with Crippen molar-refractivity contribution in [2.75, 3.05) is 12.0 Å². The molecule has 6 rings (SSSR count). The van der Waals surface area contributed by atoms with Gasteiger partial charge in [-0.25, -0.2) is 0 Å². The number of halogens is 1. The van der Waals surface area contributed by atoms with Crippen LogP contribution in [0, 0.1) is 10.8 Å². The predicted octanol–water partition coefficient (Wildman–Crippen LogP) is 6.51. The van der Waals surface area contributed by atoms with E-state index in [1.165, 1.54) is 0 Å². The van der Waals surface area contributed by atoms with Gasteiger partial charge in [-0.15, -0.1) is 0 Å². The lowest BCUT2D eigenvalue weighted by atomic mass is 9.63. The van der Waals surface area contributed by atoms with E-state index in [1.54, 1.807) is 31.4 Å². The van der Waals surface area contributed by atoms with Crippen LogP contribution in [0.3, 0.4) is 0 Å². The number of benzene rings is 3. The Morgan fingerprint density at radius 2 is 1.63 bits per heavy atom. The van der Waals surface area contributed by atoms with Crippen molar-refractivity contribution in [2.24, 2.45) is 10.8 Å². The summed E-state index contributed by atoms with van der Waals surface area (Å²) in [6.45, 7) is 5.69. The highest BCUT2D eigenvalue weighted by Crippen LogP contribution is 2.61. The highest BCUT2D eigenvalue weighted by molar-refractivity contribution is 9.10. The predicted molar refractivity (Wildman–Crippen MR) is 151 cm³/mol. The lowest BCUT2D eigenvalue weighted by Crippen LogP contribution is -2.49. The number of ether oxygens (including phenoxy) is 1. The molecule has 1 spiro atoms. The van der Waals surface area contributed by atoms with Gasteiger partial charge in [0.15, 0.2) is 17.3 Å². The number of methoxy groups -OCH3 is 1. The number of anilines is 1. The van der Waals surface area contributed by atoms with Crippen molar-refractivity contribution in [1.29, 1.82) is 0 Å². The molecule has 1 saturated heterocycles. The first-order chi connectivity index (χ1) is 18.1. The molecule has 0 N–H and O–H groups in total. The van der Waals surface area contributed by atoms with Gasteiger partial charge in [0.05, 0.1) is 19.2 Å². The number of rotatable bonds is 3. The molecule has 3 aromatic carbocycles. The summed E-state index contributed by atoms with van der Waals surface area (Å²) in [5, 5.41) is 0. The molecule has 3 aromatic rings. The van der Waals surface area contributed by atoms with Gasteiger partial charge in [-0.05, 0) is 41.5 Å². The van der Waals surface area contributed by atoms with Crippen LogP contribution in [0.4, 0.5) is 5.69 Å². The Morgan fingerprint density at radius 1 is 0.947 bits per heavy atom. The molecule has 0 radical (unpaired) electrons. The average molecular weight is 570 g/mol. The van der Waals surface area contributed by atoms with Gasteiger partial charge in [0, 0.05) is 32.6 Å². The first-order valence-corrected chi connectivity index (χ1v) is 13.5. The summed E-state index contributed by atoms with van der Waals surface area (Å²) < 4.78 is 6.46. The second-order valence-electron chi connectivity index (χ2n) is 11.3. The Bertz CT molecular complexity index is 1510. The fourth-order valence-electron chi connectivity index (χ4n) is 6.60. The molecule has 5 nitrogen and oxygen atoms in total. The van der Waals surface area contributed by atoms with Gasteiger partial charge in [0.2, 0.25) is 0 Å². The largest absolute Gasteiger partial charge is 0.497 e. The molecule has 38 heavy (non-hydrogen) atoms. The normalized spacial score (nSPS) is 22.9. The minimum Gasteiger partial charge on any atom is -0.497 e. The SMILES string of the molecule is COc1cccc([C@@H]2[C@H](C(=O)C(C)(C)C)N3c4ccc(Br)cc4C=C[C@H]3C23C(=O)c2ccccc2C3=O)c1. The molecular formula is C32H28BrNO4. The van der Waals surface area contributed by atoms with Crippen LogP contribution in [0.1, 0.15) is 58.5 Å². The second kappa shape index (κ2) is 8.50. The van der Waals surface area contributed by atoms with E-state index in [0.717, 1.165) is 21.3 Å². The topological polar surface area (TPSA) is 63.7 Å². The number of fused-ring (bicyclic) bond motifs is 5. The molecule has 0 bridgehead atoms. The summed E-state index contributed by atoms with van der Waals surface area (Å²) in [5.41, 5.74) is 1.13. The summed E-state index contributed by atoms with van der Waals surface area (Å²) in [4.78, 5) is 45.6. The van der Waals surface area contributed by atoms with Crippen molar-refractivity contribution < 1.29 is 19.1 Å². The van der Waals surface area contributed by atoms with E-state index in [2.05, 4.69) is 15.9 Å². The van der Waals surface area contributed by atoms with E-state index in [-0.39, 0.29) is 17.3 Å². The van der Waals surface area contributed by atoms with Gasteiger partial charge in [-0.3, -0.25) is 14.4 Å². The van der Waals surface area contributed by atoms with Crippen LogP contribution in [0.2, 0.25) is 0 Å². The first-order valence-electron chi connectivity index (χ1n) is 12.7. The van der Waals surface area contributed by atoms with Crippen molar-refractivity contribution >= 4 is 45.0 Å². The Balaban J connectivity index is 1.70. The van der Waals surface area contributed by atoms with Crippen molar-refractivity contribution in [2.45, 2.75) is 38.8 Å². The molecule has 0 saturated carbocycles. The zero-order chi connectivity index (χ0) is 27.0. The third-order valence-corrected chi connectivity index (χ3v) is 8.72. The number of ketones is 3. The third-order valence-electron chi connectivity index (χ3n) is 8.23. The molecule has 2 aliphatic heterocycles. The zero-order valence-corrected chi connectivity index (χ0v) is 23.3. The molecule has 0 aromatic heterocycles. The number of hydrogen-bond acceptors (Lipinski definition) is 5. The lowest BCUT2D eigenvalue weighted by Gasteiger charge is -2.38. The van der Waals surface area contributed by atoms with Crippen LogP contribution in [0.15, 0.2) is 77.3 Å². The number of hydrogen-bond donors (Lipinski definition) is 0. The van der Waals surface area contributed by atoms with E-state index in [9.17, 15) is 14.4 Å². The van der Waals surface area contributed by atoms with E-state index in [4.69, 9.17) is 4.74 Å². The maximum Gasteiger partial charge on any atom is 0.180 e. The van der Waals surface area contributed by atoms with Gasteiger partial charge in [-0.2, -0.15) is 0 Å². The number of nitrogens with zero attached hydrogens (tertiary/aromatic N) is 1. The number of carbonyl (C=O) groups excluding carboxylic acids is 3. The van der Waals surface area contributed by atoms with Crippen LogP contribution in [0.5, 0.6) is 5.75 Å². The van der Waals surface area contributed by atoms with E-state index in [1.807, 2.05) is 80.3 Å². The maximum absolute atomic E-state index is 14.6. The van der Waals surface area contributed by atoms with Gasteiger partial charge in [0.25, 0.3) is 0 Å². The van der Waals surface area contributed by atoms with Gasteiger partial charge < -0.3 is 9.64 Å². The molecule has 0 unspecified atom stereocenters. The molecule has 192 valence electrons. The quantitative estimate of drug-likeness (QED) is 0.336. The smallest absolute Gasteiger partial charge is 0.180 e. The molecular weight excluding hydrogens is 542 g/mol. The van der Waals surface area contributed by atoms with Crippen LogP contribution < -0.4 is 9.64 Å². The Morgan fingerprint density at radius 3 is 2.26 bits per heavy atom. The molecule has 6 heteroatoms. The van der Waals surface area contributed by atoms with Crippen LogP contribution >= 0.6 is 15.9 Å². The Labute approximate surface area is 230 Å². The minimum absolute atomic E-state index is 0.0204. The number of carbonyl (C=O) groups is 3. The summed E-state index contributed by atoms with van der Waals surface area (Å²) in [5.74, 6) is -0.584. The lowest BCUT2D eigenvalue weighted by molar-refractivity contribution is -0.127. The van der Waals surface area contributed by atoms with Crippen molar-refractivity contribution in [3.8, 4) is 5.75 Å². The maximum atomic E-state index is 14.6. The fourth-order valence-corrected chi connectivity index (χ4v) is 6.98. The Kier molecular flexibility index (Phi) is 5.55. The molecule has 3 aliphatic rings. The first kappa shape index (κ1) is 24.8. The van der Waals surface area contributed by atoms with Crippen LogP contribution in [0.25, 0.3) is 6.08 Å². The average Bonchev–Trinajstić information content (AvgIpc) is 3.33. The monoisotopic (exact) mass is 569 g/mol. The number of Topliss-reactive ketones (excluding diaryl/α,β-unsaturated/α-hetero) is 3. The van der Waals surface area contributed by atoms with Gasteiger partial charge >= 0.3 is 0 Å². The van der Waals surface area contributed by atoms with Crippen LogP contribution in [-0.4, -0.2) is 36.5 Å². The highest BCUT2D eigenvalue weighted by Gasteiger charge is 2.71. The summed E-state index contributed by atoms with van der Waals surface area (Å²) in [6, 6.07) is 19.0. The van der Waals surface area contributed by atoms with E-state index >= 15 is 0 Å². The van der Waals surface area contributed by atoms with Crippen LogP contribution in [-0.2, 0) is 4.79 Å². The molecule has 1 fully saturated rings. The molecule has 3 atom stereocenters.